The van der Waals surface area contributed by atoms with Gasteiger partial charge >= 0.3 is 0 Å². The van der Waals surface area contributed by atoms with E-state index in [1.165, 1.54) is 31.2 Å². The molecule has 0 aliphatic carbocycles. The van der Waals surface area contributed by atoms with Gasteiger partial charge in [-0.15, -0.1) is 0 Å². The van der Waals surface area contributed by atoms with Crippen molar-refractivity contribution in [2.45, 2.75) is 37.6 Å². The summed E-state index contributed by atoms with van der Waals surface area (Å²) in [7, 11) is 0. The minimum atomic E-state index is -1.69. The van der Waals surface area contributed by atoms with Crippen molar-refractivity contribution >= 4 is 11.0 Å². The first kappa shape index (κ1) is 22.8. The minimum Gasteiger partial charge on any atom is -0.508 e. The number of hydrogen-bond acceptors (Lipinski definition) is 11. The lowest BCUT2D eigenvalue weighted by molar-refractivity contribution is -0.277. The van der Waals surface area contributed by atoms with Gasteiger partial charge in [0.1, 0.15) is 52.6 Å². The first-order valence-corrected chi connectivity index (χ1v) is 9.93. The van der Waals surface area contributed by atoms with E-state index < -0.39 is 54.2 Å². The van der Waals surface area contributed by atoms with Crippen LogP contribution in [0.5, 0.6) is 23.0 Å². The van der Waals surface area contributed by atoms with Gasteiger partial charge in [-0.3, -0.25) is 4.79 Å². The lowest BCUT2D eigenvalue weighted by Crippen LogP contribution is -2.60. The van der Waals surface area contributed by atoms with Crippen molar-refractivity contribution < 1.29 is 49.6 Å². The minimum absolute atomic E-state index is 0.0367. The predicted molar refractivity (Wildman–Crippen MR) is 112 cm³/mol. The van der Waals surface area contributed by atoms with Crippen LogP contribution in [0.1, 0.15) is 5.56 Å². The molecule has 3 aromatic rings. The summed E-state index contributed by atoms with van der Waals surface area (Å²) in [5, 5.41) is 69.4. The first-order valence-electron chi connectivity index (χ1n) is 9.93. The quantitative estimate of drug-likeness (QED) is 0.278. The van der Waals surface area contributed by atoms with Gasteiger partial charge < -0.3 is 49.6 Å². The van der Waals surface area contributed by atoms with E-state index in [-0.39, 0.29) is 39.4 Å². The molecule has 0 radical (unpaired) electrons. The van der Waals surface area contributed by atoms with E-state index in [9.17, 15) is 40.5 Å². The van der Waals surface area contributed by atoms with E-state index in [4.69, 9.17) is 13.9 Å². The fourth-order valence-electron chi connectivity index (χ4n) is 3.66. The average Bonchev–Trinajstić information content (AvgIpc) is 2.79. The number of phenolic OH excluding ortho intramolecular Hbond substituents is 2. The van der Waals surface area contributed by atoms with Crippen LogP contribution in [0.2, 0.25) is 0 Å². The van der Waals surface area contributed by atoms with Crippen molar-refractivity contribution in [3.05, 3.63) is 46.1 Å². The van der Waals surface area contributed by atoms with Crippen LogP contribution in [0.4, 0.5) is 0 Å². The van der Waals surface area contributed by atoms with Crippen molar-refractivity contribution in [1.29, 1.82) is 0 Å². The highest BCUT2D eigenvalue weighted by Crippen LogP contribution is 2.39. The number of ether oxygens (including phenoxy) is 2. The smallest absolute Gasteiger partial charge is 0.238 e. The maximum atomic E-state index is 12.8. The summed E-state index contributed by atoms with van der Waals surface area (Å²) in [5.41, 5.74) is -0.555. The summed E-state index contributed by atoms with van der Waals surface area (Å²) in [5.74, 6) is -1.66. The van der Waals surface area contributed by atoms with Crippen LogP contribution in [0.15, 0.2) is 39.5 Å². The molecule has 1 aromatic heterocycles. The van der Waals surface area contributed by atoms with Gasteiger partial charge in [-0.1, -0.05) is 0 Å². The number of aryl methyl sites for hydroxylation is 1. The van der Waals surface area contributed by atoms with Crippen LogP contribution < -0.4 is 10.2 Å². The summed E-state index contributed by atoms with van der Waals surface area (Å²) >= 11 is 0. The zero-order valence-corrected chi connectivity index (χ0v) is 17.2. The molecule has 7 N–H and O–H groups in total. The van der Waals surface area contributed by atoms with Gasteiger partial charge in [0.05, 0.1) is 6.61 Å². The summed E-state index contributed by atoms with van der Waals surface area (Å²) in [6.45, 7) is 0.832. The molecule has 0 bridgehead atoms. The fraction of sp³-hybridized carbons (Fsp3) is 0.318. The summed E-state index contributed by atoms with van der Waals surface area (Å²) in [6.07, 6.45) is -7.69. The Labute approximate surface area is 185 Å². The van der Waals surface area contributed by atoms with Gasteiger partial charge in [-0.2, -0.15) is 0 Å². The maximum Gasteiger partial charge on any atom is 0.238 e. The lowest BCUT2D eigenvalue weighted by atomic mass is 9.99. The monoisotopic (exact) mass is 462 g/mol. The topological polar surface area (TPSA) is 190 Å². The number of fused-ring (bicyclic) bond motifs is 1. The van der Waals surface area contributed by atoms with Crippen molar-refractivity contribution in [2.24, 2.45) is 0 Å². The van der Waals surface area contributed by atoms with Crippen molar-refractivity contribution in [3.8, 4) is 34.3 Å². The first-order chi connectivity index (χ1) is 15.6. The highest BCUT2D eigenvalue weighted by Gasteiger charge is 2.45. The third kappa shape index (κ3) is 3.86. The maximum absolute atomic E-state index is 12.8. The Morgan fingerprint density at radius 3 is 2.30 bits per heavy atom. The highest BCUT2D eigenvalue weighted by atomic mass is 16.7. The molecule has 33 heavy (non-hydrogen) atoms. The van der Waals surface area contributed by atoms with E-state index in [1.54, 1.807) is 0 Å². The summed E-state index contributed by atoms with van der Waals surface area (Å²) in [4.78, 5) is 12.8. The van der Waals surface area contributed by atoms with Crippen LogP contribution in [-0.2, 0) is 4.74 Å². The normalized spacial score (nSPS) is 25.3. The third-order valence-electron chi connectivity index (χ3n) is 5.54. The molecule has 2 unspecified atom stereocenters. The van der Waals surface area contributed by atoms with Crippen molar-refractivity contribution in [1.82, 2.24) is 0 Å². The van der Waals surface area contributed by atoms with Crippen LogP contribution >= 0.6 is 0 Å². The van der Waals surface area contributed by atoms with Gasteiger partial charge in [-0.05, 0) is 31.2 Å². The summed E-state index contributed by atoms with van der Waals surface area (Å²) < 4.78 is 16.7. The molecule has 0 amide bonds. The number of aliphatic hydroxyl groups excluding tert-OH is 4. The van der Waals surface area contributed by atoms with Gasteiger partial charge in [0.2, 0.25) is 17.5 Å². The molecular formula is C22H22O11. The molecule has 176 valence electrons. The molecule has 0 saturated carbocycles. The van der Waals surface area contributed by atoms with E-state index in [2.05, 4.69) is 0 Å². The predicted octanol–water partition coefficient (Wildman–Crippen LogP) is 0.0639. The molecule has 1 fully saturated rings. The molecule has 5 atom stereocenters. The fourth-order valence-corrected chi connectivity index (χ4v) is 3.66. The van der Waals surface area contributed by atoms with Crippen molar-refractivity contribution in [2.75, 3.05) is 6.61 Å². The van der Waals surface area contributed by atoms with Crippen LogP contribution in [0.3, 0.4) is 0 Å². The molecule has 11 nitrogen and oxygen atoms in total. The second-order valence-corrected chi connectivity index (χ2v) is 7.69. The molecule has 4 rings (SSSR count). The number of phenols is 2. The number of rotatable bonds is 4. The van der Waals surface area contributed by atoms with Gasteiger partial charge in [0, 0.05) is 17.2 Å². The number of benzene rings is 2. The molecular weight excluding hydrogens is 440 g/mol. The second-order valence-electron chi connectivity index (χ2n) is 7.69. The largest absolute Gasteiger partial charge is 0.508 e. The number of aromatic hydroxyl groups is 3. The second kappa shape index (κ2) is 8.54. The standard InChI is InChI=1S/C22H22O11/c1-8-12(31-22-19(30)17(28)15(26)13(7-23)32-22)6-11(25)14-16(27)18(29)21(33-20(8)14)9-2-4-10(24)5-3-9/h2-6,13,15,17,19,22-26,28-30H,7H2,1H3/t13?,15-,17+,19?,22-/m1/s1. The van der Waals surface area contributed by atoms with Crippen LogP contribution in [0.25, 0.3) is 22.3 Å². The molecule has 1 aliphatic heterocycles. The molecule has 2 heterocycles. The molecule has 1 aliphatic rings. The molecule has 2 aromatic carbocycles. The van der Waals surface area contributed by atoms with Gasteiger partial charge in [0.15, 0.2) is 5.76 Å². The zero-order valence-electron chi connectivity index (χ0n) is 17.2. The average molecular weight is 462 g/mol. The van der Waals surface area contributed by atoms with Gasteiger partial charge in [-0.25, -0.2) is 0 Å². The lowest BCUT2D eigenvalue weighted by Gasteiger charge is -2.39. The van der Waals surface area contributed by atoms with E-state index in [1.807, 2.05) is 0 Å². The Kier molecular flexibility index (Phi) is 5.91. The Balaban J connectivity index is 1.81. The number of hydrogen-bond donors (Lipinski definition) is 7. The Hall–Kier alpha value is -3.35. The van der Waals surface area contributed by atoms with Gasteiger partial charge in [0.25, 0.3) is 0 Å². The number of aliphatic hydroxyl groups is 4. The van der Waals surface area contributed by atoms with E-state index in [0.717, 1.165) is 6.07 Å². The molecule has 1 saturated heterocycles. The van der Waals surface area contributed by atoms with Crippen LogP contribution in [0, 0.1) is 6.92 Å². The SMILES string of the molecule is Cc1c(O[C@@H]2OC(CO)[C@@H](O)[C@H](O)C2O)cc(O)c2c(=O)c(O)c(-c3ccc(O)cc3)oc12. The van der Waals surface area contributed by atoms with Crippen LogP contribution in [-0.4, -0.2) is 73.1 Å². The summed E-state index contributed by atoms with van der Waals surface area (Å²) in [6, 6.07) is 6.56. The Morgan fingerprint density at radius 1 is 1.00 bits per heavy atom. The zero-order chi connectivity index (χ0) is 24.0. The molecule has 11 heteroatoms. The molecule has 0 spiro atoms. The van der Waals surface area contributed by atoms with E-state index in [0.29, 0.717) is 0 Å². The Morgan fingerprint density at radius 2 is 1.67 bits per heavy atom. The highest BCUT2D eigenvalue weighted by molar-refractivity contribution is 5.90. The third-order valence-corrected chi connectivity index (χ3v) is 5.54. The van der Waals surface area contributed by atoms with Crippen molar-refractivity contribution in [3.63, 3.8) is 0 Å². The van der Waals surface area contributed by atoms with E-state index >= 15 is 0 Å². The Bertz CT molecular complexity index is 1230.